The number of anilines is 2. The van der Waals surface area contributed by atoms with E-state index in [1.54, 1.807) is 32.4 Å². The number of nitrogens with two attached hydrogens (primary N) is 1. The van der Waals surface area contributed by atoms with Crippen LogP contribution in [0.1, 0.15) is 5.56 Å². The Balaban J connectivity index is 3.07. The predicted molar refractivity (Wildman–Crippen MR) is 51.0 cm³/mol. The summed E-state index contributed by atoms with van der Waals surface area (Å²) in [6.07, 6.45) is 0. The monoisotopic (exact) mass is 177 g/mol. The van der Waals surface area contributed by atoms with Crippen LogP contribution < -0.4 is 10.8 Å². The van der Waals surface area contributed by atoms with Crippen LogP contribution in [0, 0.1) is 11.3 Å². The Morgan fingerprint density at radius 3 is 2.69 bits per heavy atom. The topological polar surface area (TPSA) is 62.3 Å². The van der Waals surface area contributed by atoms with Crippen LogP contribution in [0.15, 0.2) is 18.2 Å². The van der Waals surface area contributed by atoms with Gasteiger partial charge in [-0.2, -0.15) is 5.26 Å². The first kappa shape index (κ1) is 9.36. The molecule has 0 saturated heterocycles. The molecule has 1 rings (SSSR count). The fourth-order valence-electron chi connectivity index (χ4n) is 1.01. The number of hydrogen-bond donors (Lipinski definition) is 1. The SMILES string of the molecule is CON(C)c1ccc(C#N)cc1N. The number of benzene rings is 1. The van der Waals surface area contributed by atoms with Crippen molar-refractivity contribution < 1.29 is 4.84 Å². The molecule has 0 spiro atoms. The third kappa shape index (κ3) is 1.89. The van der Waals surface area contributed by atoms with Crippen LogP contribution in [0.3, 0.4) is 0 Å². The number of nitrogens with zero attached hydrogens (tertiary/aromatic N) is 2. The van der Waals surface area contributed by atoms with E-state index in [9.17, 15) is 0 Å². The molecule has 68 valence electrons. The number of hydroxylamine groups is 1. The van der Waals surface area contributed by atoms with Crippen molar-refractivity contribution in [2.24, 2.45) is 0 Å². The first-order chi connectivity index (χ1) is 6.19. The van der Waals surface area contributed by atoms with Crippen molar-refractivity contribution in [2.75, 3.05) is 25.0 Å². The van der Waals surface area contributed by atoms with Gasteiger partial charge in [0.2, 0.25) is 0 Å². The minimum atomic E-state index is 0.531. The molecule has 0 aliphatic rings. The van der Waals surface area contributed by atoms with E-state index in [2.05, 4.69) is 0 Å². The number of rotatable bonds is 2. The van der Waals surface area contributed by atoms with Gasteiger partial charge < -0.3 is 5.73 Å². The summed E-state index contributed by atoms with van der Waals surface area (Å²) in [4.78, 5) is 4.96. The minimum absolute atomic E-state index is 0.531. The zero-order chi connectivity index (χ0) is 9.84. The van der Waals surface area contributed by atoms with Crippen LogP contribution in [0.4, 0.5) is 11.4 Å². The van der Waals surface area contributed by atoms with E-state index < -0.39 is 0 Å². The number of hydrogen-bond acceptors (Lipinski definition) is 4. The van der Waals surface area contributed by atoms with Gasteiger partial charge in [-0.3, -0.25) is 9.90 Å². The van der Waals surface area contributed by atoms with Crippen molar-refractivity contribution >= 4 is 11.4 Å². The highest BCUT2D eigenvalue weighted by molar-refractivity contribution is 5.68. The predicted octanol–water partition coefficient (Wildman–Crippen LogP) is 1.14. The summed E-state index contributed by atoms with van der Waals surface area (Å²) in [5.74, 6) is 0. The number of nitrogen functional groups attached to an aromatic ring is 1. The Kier molecular flexibility index (Phi) is 2.72. The van der Waals surface area contributed by atoms with Crippen LogP contribution in [0.5, 0.6) is 0 Å². The van der Waals surface area contributed by atoms with Gasteiger partial charge in [-0.15, -0.1) is 0 Å². The quantitative estimate of drug-likeness (QED) is 0.543. The lowest BCUT2D eigenvalue weighted by Crippen LogP contribution is -2.16. The van der Waals surface area contributed by atoms with Gasteiger partial charge in [0.25, 0.3) is 0 Å². The second-order valence-electron chi connectivity index (χ2n) is 2.57. The van der Waals surface area contributed by atoms with Gasteiger partial charge in [0.15, 0.2) is 0 Å². The maximum atomic E-state index is 8.60. The van der Waals surface area contributed by atoms with Gasteiger partial charge in [0.1, 0.15) is 0 Å². The van der Waals surface area contributed by atoms with E-state index in [-0.39, 0.29) is 0 Å². The first-order valence-corrected chi connectivity index (χ1v) is 3.76. The summed E-state index contributed by atoms with van der Waals surface area (Å²) in [5, 5.41) is 10.1. The van der Waals surface area contributed by atoms with E-state index in [0.29, 0.717) is 11.3 Å². The molecule has 0 radical (unpaired) electrons. The lowest BCUT2D eigenvalue weighted by atomic mass is 10.2. The standard InChI is InChI=1S/C9H11N3O/c1-12(13-2)9-4-3-7(6-10)5-8(9)11/h3-5H,11H2,1-2H3. The zero-order valence-electron chi connectivity index (χ0n) is 7.61. The lowest BCUT2D eigenvalue weighted by molar-refractivity contribution is 0.185. The Labute approximate surface area is 77.1 Å². The summed E-state index contributed by atoms with van der Waals surface area (Å²) in [5.41, 5.74) is 7.53. The van der Waals surface area contributed by atoms with Gasteiger partial charge in [0.05, 0.1) is 30.1 Å². The number of nitriles is 1. The van der Waals surface area contributed by atoms with Gasteiger partial charge >= 0.3 is 0 Å². The summed E-state index contributed by atoms with van der Waals surface area (Å²) in [6, 6.07) is 7.07. The van der Waals surface area contributed by atoms with Crippen molar-refractivity contribution in [3.05, 3.63) is 23.8 Å². The average Bonchev–Trinajstić information content (AvgIpc) is 2.16. The second-order valence-corrected chi connectivity index (χ2v) is 2.57. The van der Waals surface area contributed by atoms with E-state index in [0.717, 1.165) is 5.69 Å². The Bertz CT molecular complexity index is 343. The van der Waals surface area contributed by atoms with Crippen molar-refractivity contribution in [3.8, 4) is 6.07 Å². The molecule has 0 amide bonds. The zero-order valence-corrected chi connectivity index (χ0v) is 7.61. The van der Waals surface area contributed by atoms with Crippen LogP contribution in [0.2, 0.25) is 0 Å². The molecule has 4 nitrogen and oxygen atoms in total. The molecule has 4 heteroatoms. The highest BCUT2D eigenvalue weighted by Gasteiger charge is 2.04. The van der Waals surface area contributed by atoms with Crippen LogP contribution in [-0.4, -0.2) is 14.2 Å². The fraction of sp³-hybridized carbons (Fsp3) is 0.222. The van der Waals surface area contributed by atoms with Gasteiger partial charge in [-0.25, -0.2) is 0 Å². The fourth-order valence-corrected chi connectivity index (χ4v) is 1.01. The largest absolute Gasteiger partial charge is 0.397 e. The second kappa shape index (κ2) is 3.78. The third-order valence-electron chi connectivity index (χ3n) is 1.77. The molecule has 2 N–H and O–H groups in total. The molecule has 13 heavy (non-hydrogen) atoms. The maximum absolute atomic E-state index is 8.60. The van der Waals surface area contributed by atoms with Crippen LogP contribution >= 0.6 is 0 Å². The van der Waals surface area contributed by atoms with E-state index in [1.807, 2.05) is 6.07 Å². The third-order valence-corrected chi connectivity index (χ3v) is 1.77. The smallest absolute Gasteiger partial charge is 0.0992 e. The summed E-state index contributed by atoms with van der Waals surface area (Å²) in [6.45, 7) is 0. The molecule has 1 aromatic carbocycles. The molecule has 0 fully saturated rings. The summed E-state index contributed by atoms with van der Waals surface area (Å²) in [7, 11) is 3.30. The van der Waals surface area contributed by atoms with Gasteiger partial charge in [0, 0.05) is 7.05 Å². The average molecular weight is 177 g/mol. The highest BCUT2D eigenvalue weighted by Crippen LogP contribution is 2.22. The summed E-state index contributed by atoms with van der Waals surface area (Å²) < 4.78 is 0. The molecule has 0 bridgehead atoms. The molecule has 0 aromatic heterocycles. The Morgan fingerprint density at radius 2 is 2.23 bits per heavy atom. The molecule has 0 atom stereocenters. The minimum Gasteiger partial charge on any atom is -0.397 e. The van der Waals surface area contributed by atoms with E-state index >= 15 is 0 Å². The Morgan fingerprint density at radius 1 is 1.54 bits per heavy atom. The molecule has 0 saturated carbocycles. The summed E-state index contributed by atoms with van der Waals surface area (Å²) >= 11 is 0. The van der Waals surface area contributed by atoms with E-state index in [1.165, 1.54) is 5.06 Å². The Hall–Kier alpha value is -1.73. The van der Waals surface area contributed by atoms with Crippen molar-refractivity contribution in [2.45, 2.75) is 0 Å². The van der Waals surface area contributed by atoms with Gasteiger partial charge in [-0.05, 0) is 18.2 Å². The van der Waals surface area contributed by atoms with Crippen molar-refractivity contribution in [3.63, 3.8) is 0 Å². The molecule has 0 aliphatic heterocycles. The molecule has 0 heterocycles. The van der Waals surface area contributed by atoms with Gasteiger partial charge in [-0.1, -0.05) is 0 Å². The van der Waals surface area contributed by atoms with Crippen LogP contribution in [0.25, 0.3) is 0 Å². The molecular formula is C9H11N3O. The molecule has 0 aliphatic carbocycles. The normalized spacial score (nSPS) is 9.31. The van der Waals surface area contributed by atoms with Crippen molar-refractivity contribution in [1.29, 1.82) is 5.26 Å². The van der Waals surface area contributed by atoms with Crippen LogP contribution in [-0.2, 0) is 4.84 Å². The van der Waals surface area contributed by atoms with E-state index in [4.69, 9.17) is 15.8 Å². The molecule has 1 aromatic rings. The lowest BCUT2D eigenvalue weighted by Gasteiger charge is -2.17. The van der Waals surface area contributed by atoms with Crippen molar-refractivity contribution in [1.82, 2.24) is 0 Å². The maximum Gasteiger partial charge on any atom is 0.0992 e. The first-order valence-electron chi connectivity index (χ1n) is 3.76. The molecular weight excluding hydrogens is 166 g/mol. The molecule has 0 unspecified atom stereocenters. The highest BCUT2D eigenvalue weighted by atomic mass is 16.7.